The first kappa shape index (κ1) is 16.6. The molecule has 0 fully saturated rings. The highest BCUT2D eigenvalue weighted by molar-refractivity contribution is 5.82. The van der Waals surface area contributed by atoms with Crippen LogP contribution in [0.2, 0.25) is 0 Å². The first-order valence-corrected chi connectivity index (χ1v) is 5.55. The summed E-state index contributed by atoms with van der Waals surface area (Å²) in [5, 5.41) is 28.6. The number of ether oxygens (including phenoxy) is 1. The number of carbonyl (C=O) groups is 2. The van der Waals surface area contributed by atoms with Crippen LogP contribution in [0.5, 0.6) is 0 Å². The number of hydrogen-bond acceptors (Lipinski definition) is 5. The summed E-state index contributed by atoms with van der Waals surface area (Å²) < 4.78 is 4.81. The van der Waals surface area contributed by atoms with Crippen molar-refractivity contribution in [1.82, 2.24) is 10.2 Å². The number of amides is 2. The van der Waals surface area contributed by atoms with Crippen molar-refractivity contribution in [3.05, 3.63) is 0 Å². The first-order valence-electron chi connectivity index (χ1n) is 5.55. The van der Waals surface area contributed by atoms with Gasteiger partial charge in [-0.15, -0.1) is 0 Å². The molecule has 0 aromatic heterocycles. The van der Waals surface area contributed by atoms with Crippen molar-refractivity contribution < 1.29 is 29.6 Å². The fourth-order valence-electron chi connectivity index (χ4n) is 1.26. The largest absolute Gasteiger partial charge is 0.480 e. The number of hydrogen-bond donors (Lipinski definition) is 4. The molecule has 0 radical (unpaired) electrons. The summed E-state index contributed by atoms with van der Waals surface area (Å²) in [5.74, 6) is -1.21. The molecule has 0 aromatic rings. The Labute approximate surface area is 105 Å². The Kier molecular flexibility index (Phi) is 8.89. The van der Waals surface area contributed by atoms with Gasteiger partial charge < -0.3 is 30.3 Å². The lowest BCUT2D eigenvalue weighted by Crippen LogP contribution is -2.49. The summed E-state index contributed by atoms with van der Waals surface area (Å²) >= 11 is 0. The number of urea groups is 1. The Bertz CT molecular complexity index is 261. The maximum Gasteiger partial charge on any atom is 0.326 e. The van der Waals surface area contributed by atoms with Gasteiger partial charge in [0.1, 0.15) is 6.04 Å². The molecule has 8 nitrogen and oxygen atoms in total. The minimum absolute atomic E-state index is 0.0711. The van der Waals surface area contributed by atoms with Crippen LogP contribution in [0.3, 0.4) is 0 Å². The summed E-state index contributed by atoms with van der Waals surface area (Å²) in [6.07, 6.45) is -0.0711. The lowest BCUT2D eigenvalue weighted by Gasteiger charge is -2.24. The molecule has 2 amide bonds. The highest BCUT2D eigenvalue weighted by atomic mass is 16.5. The molecule has 106 valence electrons. The third kappa shape index (κ3) is 6.38. The van der Waals surface area contributed by atoms with E-state index in [2.05, 4.69) is 5.32 Å². The topological polar surface area (TPSA) is 119 Å². The summed E-state index contributed by atoms with van der Waals surface area (Å²) in [4.78, 5) is 23.8. The SMILES string of the molecule is COCCN(CCO)C(=O)N[C@@H](CCO)C(=O)O. The van der Waals surface area contributed by atoms with Gasteiger partial charge in [-0.05, 0) is 0 Å². The minimum atomic E-state index is -1.21. The number of nitrogens with one attached hydrogen (secondary N) is 1. The van der Waals surface area contributed by atoms with Crippen LogP contribution in [0.25, 0.3) is 0 Å². The van der Waals surface area contributed by atoms with Crippen molar-refractivity contribution in [2.75, 3.05) is 40.0 Å². The van der Waals surface area contributed by atoms with Crippen LogP contribution in [0.1, 0.15) is 6.42 Å². The van der Waals surface area contributed by atoms with Crippen LogP contribution in [-0.4, -0.2) is 78.3 Å². The number of methoxy groups -OCH3 is 1. The second kappa shape index (κ2) is 9.63. The second-order valence-electron chi connectivity index (χ2n) is 3.56. The Balaban J connectivity index is 4.40. The molecular weight excluding hydrogens is 244 g/mol. The van der Waals surface area contributed by atoms with Gasteiger partial charge in [-0.2, -0.15) is 0 Å². The molecule has 0 spiro atoms. The Hall–Kier alpha value is -1.38. The number of aliphatic hydroxyl groups excluding tert-OH is 2. The summed E-state index contributed by atoms with van der Waals surface area (Å²) in [5.41, 5.74) is 0. The molecule has 0 rings (SSSR count). The van der Waals surface area contributed by atoms with E-state index in [9.17, 15) is 9.59 Å². The Morgan fingerprint density at radius 2 is 1.94 bits per heavy atom. The molecule has 1 atom stereocenters. The average molecular weight is 264 g/mol. The number of carboxylic acid groups (broad SMARTS) is 1. The van der Waals surface area contributed by atoms with E-state index < -0.39 is 18.0 Å². The maximum atomic E-state index is 11.7. The van der Waals surface area contributed by atoms with Crippen molar-refractivity contribution in [1.29, 1.82) is 0 Å². The van der Waals surface area contributed by atoms with E-state index in [0.717, 1.165) is 0 Å². The highest BCUT2D eigenvalue weighted by Gasteiger charge is 2.22. The van der Waals surface area contributed by atoms with E-state index in [4.69, 9.17) is 20.1 Å². The zero-order chi connectivity index (χ0) is 14.0. The first-order chi connectivity index (χ1) is 8.56. The monoisotopic (exact) mass is 264 g/mol. The molecule has 0 bridgehead atoms. The fourth-order valence-corrected chi connectivity index (χ4v) is 1.26. The molecule has 0 aromatic carbocycles. The molecular formula is C10H20N2O6. The van der Waals surface area contributed by atoms with Crippen LogP contribution < -0.4 is 5.32 Å². The van der Waals surface area contributed by atoms with E-state index in [1.54, 1.807) is 0 Å². The number of aliphatic carboxylic acids is 1. The molecule has 4 N–H and O–H groups in total. The zero-order valence-corrected chi connectivity index (χ0v) is 10.3. The van der Waals surface area contributed by atoms with Crippen LogP contribution in [-0.2, 0) is 9.53 Å². The van der Waals surface area contributed by atoms with Crippen LogP contribution in [0.15, 0.2) is 0 Å². The van der Waals surface area contributed by atoms with Gasteiger partial charge in [0.25, 0.3) is 0 Å². The summed E-state index contributed by atoms with van der Waals surface area (Å²) in [7, 11) is 1.47. The number of nitrogens with zero attached hydrogens (tertiary/aromatic N) is 1. The van der Waals surface area contributed by atoms with Gasteiger partial charge >= 0.3 is 12.0 Å². The molecule has 0 saturated heterocycles. The molecule has 0 aliphatic heterocycles. The number of carbonyl (C=O) groups excluding carboxylic acids is 1. The smallest absolute Gasteiger partial charge is 0.326 e. The number of rotatable bonds is 9. The Morgan fingerprint density at radius 1 is 1.28 bits per heavy atom. The molecule has 0 aliphatic rings. The van der Waals surface area contributed by atoms with E-state index in [1.165, 1.54) is 12.0 Å². The molecule has 0 heterocycles. The third-order valence-corrected chi connectivity index (χ3v) is 2.24. The van der Waals surface area contributed by atoms with Gasteiger partial charge in [-0.25, -0.2) is 9.59 Å². The van der Waals surface area contributed by atoms with E-state index >= 15 is 0 Å². The van der Waals surface area contributed by atoms with Gasteiger partial charge in [0.2, 0.25) is 0 Å². The molecule has 0 saturated carbocycles. The van der Waals surface area contributed by atoms with Crippen molar-refractivity contribution in [2.45, 2.75) is 12.5 Å². The lowest BCUT2D eigenvalue weighted by molar-refractivity contribution is -0.139. The number of aliphatic hydroxyl groups is 2. The fraction of sp³-hybridized carbons (Fsp3) is 0.800. The van der Waals surface area contributed by atoms with E-state index in [1.807, 2.05) is 0 Å². The van der Waals surface area contributed by atoms with Crippen LogP contribution in [0.4, 0.5) is 4.79 Å². The van der Waals surface area contributed by atoms with E-state index in [0.29, 0.717) is 0 Å². The minimum Gasteiger partial charge on any atom is -0.480 e. The van der Waals surface area contributed by atoms with Crippen molar-refractivity contribution >= 4 is 12.0 Å². The van der Waals surface area contributed by atoms with Gasteiger partial charge in [-0.3, -0.25) is 0 Å². The predicted octanol–water partition coefficient (Wildman–Crippen LogP) is -1.53. The zero-order valence-electron chi connectivity index (χ0n) is 10.3. The molecule has 8 heteroatoms. The Morgan fingerprint density at radius 3 is 2.39 bits per heavy atom. The van der Waals surface area contributed by atoms with Gasteiger partial charge in [0, 0.05) is 33.2 Å². The molecule has 18 heavy (non-hydrogen) atoms. The van der Waals surface area contributed by atoms with Crippen molar-refractivity contribution in [2.24, 2.45) is 0 Å². The quantitative estimate of drug-likeness (QED) is 0.401. The normalized spacial score (nSPS) is 11.9. The maximum absolute atomic E-state index is 11.7. The lowest BCUT2D eigenvalue weighted by atomic mass is 10.2. The van der Waals surface area contributed by atoms with Crippen molar-refractivity contribution in [3.63, 3.8) is 0 Å². The third-order valence-electron chi connectivity index (χ3n) is 2.24. The number of carboxylic acids is 1. The van der Waals surface area contributed by atoms with Gasteiger partial charge in [0.05, 0.1) is 13.2 Å². The van der Waals surface area contributed by atoms with Crippen LogP contribution in [0, 0.1) is 0 Å². The van der Waals surface area contributed by atoms with Gasteiger partial charge in [-0.1, -0.05) is 0 Å². The van der Waals surface area contributed by atoms with Crippen LogP contribution >= 0.6 is 0 Å². The van der Waals surface area contributed by atoms with E-state index in [-0.39, 0.29) is 39.3 Å². The predicted molar refractivity (Wildman–Crippen MR) is 62.2 cm³/mol. The van der Waals surface area contributed by atoms with Gasteiger partial charge in [0.15, 0.2) is 0 Å². The molecule has 0 aliphatic carbocycles. The standard InChI is InChI=1S/C10H20N2O6/c1-18-7-4-12(3-6-14)10(17)11-8(2-5-13)9(15)16/h8,13-14H,2-7H2,1H3,(H,11,17)(H,15,16)/t8-/m0/s1. The summed E-state index contributed by atoms with van der Waals surface area (Å²) in [6, 6.07) is -1.76. The van der Waals surface area contributed by atoms with Crippen molar-refractivity contribution in [3.8, 4) is 0 Å². The highest BCUT2D eigenvalue weighted by Crippen LogP contribution is 1.96. The second-order valence-corrected chi connectivity index (χ2v) is 3.56. The summed E-state index contributed by atoms with van der Waals surface area (Å²) in [6.45, 7) is 0.0460. The average Bonchev–Trinajstić information content (AvgIpc) is 2.33. The molecule has 0 unspecified atom stereocenters.